The van der Waals surface area contributed by atoms with Gasteiger partial charge in [0.2, 0.25) is 5.91 Å². The average molecular weight is 427 g/mol. The van der Waals surface area contributed by atoms with Gasteiger partial charge in [-0.05, 0) is 67.7 Å². The lowest BCUT2D eigenvalue weighted by Gasteiger charge is -2.60. The fourth-order valence-corrected chi connectivity index (χ4v) is 7.93. The number of nitriles is 1. The number of hydrogen-bond donors (Lipinski definition) is 0. The minimum atomic E-state index is 0.0592. The highest BCUT2D eigenvalue weighted by Gasteiger charge is 2.54. The van der Waals surface area contributed by atoms with Crippen molar-refractivity contribution in [2.45, 2.75) is 57.0 Å². The van der Waals surface area contributed by atoms with E-state index in [2.05, 4.69) is 38.3 Å². The second-order valence-electron chi connectivity index (χ2n) is 10.2. The lowest BCUT2D eigenvalue weighted by molar-refractivity contribution is -0.152. The van der Waals surface area contributed by atoms with Gasteiger partial charge >= 0.3 is 0 Å². The van der Waals surface area contributed by atoms with Gasteiger partial charge in [0.1, 0.15) is 0 Å². The van der Waals surface area contributed by atoms with E-state index in [-0.39, 0.29) is 11.4 Å². The van der Waals surface area contributed by atoms with E-state index in [0.717, 1.165) is 50.5 Å². The molecule has 2 heterocycles. The van der Waals surface area contributed by atoms with Gasteiger partial charge in [0, 0.05) is 49.7 Å². The summed E-state index contributed by atoms with van der Waals surface area (Å²) in [6.45, 7) is 6.16. The van der Waals surface area contributed by atoms with Crippen LogP contribution in [0, 0.1) is 29.1 Å². The van der Waals surface area contributed by atoms with Crippen molar-refractivity contribution in [1.29, 1.82) is 5.26 Å². The van der Waals surface area contributed by atoms with Crippen molar-refractivity contribution >= 4 is 17.2 Å². The van der Waals surface area contributed by atoms with Crippen LogP contribution in [-0.2, 0) is 11.3 Å². The van der Waals surface area contributed by atoms with Gasteiger partial charge in [-0.2, -0.15) is 5.26 Å². The first-order valence-corrected chi connectivity index (χ1v) is 12.7. The number of nitrogens with zero attached hydrogens (tertiary/aromatic N) is 4. The summed E-state index contributed by atoms with van der Waals surface area (Å²) >= 11 is 1.82. The second kappa shape index (κ2) is 8.61. The highest BCUT2D eigenvalue weighted by molar-refractivity contribution is 7.09. The minimum absolute atomic E-state index is 0.0592. The van der Waals surface area contributed by atoms with Crippen LogP contribution in [0.5, 0.6) is 0 Å². The summed E-state index contributed by atoms with van der Waals surface area (Å²) in [7, 11) is 0. The topological polar surface area (TPSA) is 50.6 Å². The van der Waals surface area contributed by atoms with Crippen LogP contribution >= 0.6 is 11.3 Å². The largest absolute Gasteiger partial charge is 0.335 e. The Morgan fingerprint density at radius 1 is 1.10 bits per heavy atom. The zero-order valence-electron chi connectivity index (χ0n) is 18.0. The van der Waals surface area contributed by atoms with Crippen LogP contribution in [-0.4, -0.2) is 65.4 Å². The number of amides is 1. The molecule has 6 rings (SSSR count). The first-order chi connectivity index (χ1) is 14.6. The molecule has 5 aliphatic rings. The minimum Gasteiger partial charge on any atom is -0.335 e. The predicted molar refractivity (Wildman–Crippen MR) is 119 cm³/mol. The van der Waals surface area contributed by atoms with Crippen LogP contribution in [0.2, 0.25) is 0 Å². The Kier molecular flexibility index (Phi) is 5.88. The molecule has 0 aromatic carbocycles. The number of thiophene rings is 1. The van der Waals surface area contributed by atoms with Crippen LogP contribution < -0.4 is 0 Å². The smallest absolute Gasteiger partial charge is 0.237 e. The molecular weight excluding hydrogens is 392 g/mol. The fraction of sp³-hybridized carbons (Fsp3) is 0.750. The van der Waals surface area contributed by atoms with Gasteiger partial charge in [0.25, 0.3) is 0 Å². The monoisotopic (exact) mass is 426 g/mol. The number of rotatable bonds is 7. The van der Waals surface area contributed by atoms with Gasteiger partial charge in [0.15, 0.2) is 0 Å². The molecule has 1 amide bonds. The Bertz CT molecular complexity index is 742. The molecule has 5 nitrogen and oxygen atoms in total. The molecular formula is C24H34N4OS. The van der Waals surface area contributed by atoms with Crippen molar-refractivity contribution in [3.63, 3.8) is 0 Å². The van der Waals surface area contributed by atoms with Gasteiger partial charge in [0.05, 0.1) is 19.0 Å². The highest BCUT2D eigenvalue weighted by Crippen LogP contribution is 2.57. The Morgan fingerprint density at radius 2 is 1.73 bits per heavy atom. The van der Waals surface area contributed by atoms with Crippen molar-refractivity contribution in [1.82, 2.24) is 14.7 Å². The molecule has 1 aliphatic heterocycles. The van der Waals surface area contributed by atoms with E-state index < -0.39 is 0 Å². The summed E-state index contributed by atoms with van der Waals surface area (Å²) in [5, 5.41) is 11.4. The molecule has 6 heteroatoms. The maximum absolute atomic E-state index is 13.5. The van der Waals surface area contributed by atoms with Crippen molar-refractivity contribution < 1.29 is 4.79 Å². The molecule has 1 aromatic rings. The quantitative estimate of drug-likeness (QED) is 0.669. The van der Waals surface area contributed by atoms with Crippen LogP contribution in [0.15, 0.2) is 17.5 Å². The Morgan fingerprint density at radius 3 is 2.30 bits per heavy atom. The maximum Gasteiger partial charge on any atom is 0.237 e. The third-order valence-electron chi connectivity index (χ3n) is 8.11. The lowest BCUT2D eigenvalue weighted by atomic mass is 9.52. The van der Waals surface area contributed by atoms with Crippen molar-refractivity contribution in [3.8, 4) is 6.07 Å². The van der Waals surface area contributed by atoms with Gasteiger partial charge in [-0.25, -0.2) is 0 Å². The fourth-order valence-electron chi connectivity index (χ4n) is 7.19. The molecule has 0 spiro atoms. The van der Waals surface area contributed by atoms with Gasteiger partial charge in [-0.15, -0.1) is 11.3 Å². The van der Waals surface area contributed by atoms with Crippen LogP contribution in [0.4, 0.5) is 0 Å². The van der Waals surface area contributed by atoms with Gasteiger partial charge in [-0.1, -0.05) is 6.07 Å². The molecule has 1 saturated heterocycles. The van der Waals surface area contributed by atoms with Crippen LogP contribution in [0.1, 0.15) is 49.8 Å². The van der Waals surface area contributed by atoms with E-state index >= 15 is 0 Å². The number of carbonyl (C=O) groups is 1. The predicted octanol–water partition coefficient (Wildman–Crippen LogP) is 3.58. The molecule has 5 fully saturated rings. The maximum atomic E-state index is 13.5. The molecule has 0 radical (unpaired) electrons. The lowest BCUT2D eigenvalue weighted by Crippen LogP contribution is -2.63. The first-order valence-electron chi connectivity index (χ1n) is 11.8. The molecule has 0 atom stereocenters. The molecule has 162 valence electrons. The number of piperazine rings is 1. The first kappa shape index (κ1) is 20.5. The van der Waals surface area contributed by atoms with Crippen molar-refractivity contribution in [2.75, 3.05) is 39.3 Å². The third kappa shape index (κ3) is 4.17. The SMILES string of the molecule is N#CCCN(C(=O)CN1CCN(Cc2cccs2)CC1)C12CC3CC(CC(C3)C1)C2. The van der Waals surface area contributed by atoms with E-state index in [1.165, 1.54) is 43.4 Å². The second-order valence-corrected chi connectivity index (χ2v) is 11.3. The molecule has 0 unspecified atom stereocenters. The Hall–Kier alpha value is -1.42. The van der Waals surface area contributed by atoms with E-state index in [1.54, 1.807) is 0 Å². The highest BCUT2D eigenvalue weighted by atomic mass is 32.1. The summed E-state index contributed by atoms with van der Waals surface area (Å²) in [5.41, 5.74) is 0.0592. The van der Waals surface area contributed by atoms with E-state index in [9.17, 15) is 10.1 Å². The van der Waals surface area contributed by atoms with Crippen LogP contribution in [0.25, 0.3) is 0 Å². The normalized spacial score (nSPS) is 33.5. The van der Waals surface area contributed by atoms with E-state index in [1.807, 2.05) is 11.3 Å². The standard InChI is InChI=1S/C24H34N4OS/c25-4-2-5-28(24-14-19-11-20(15-24)13-21(12-19)16-24)23(29)18-27-8-6-26(7-9-27)17-22-3-1-10-30-22/h1,3,10,19-21H,2,5-9,11-18H2. The third-order valence-corrected chi connectivity index (χ3v) is 8.97. The molecule has 0 N–H and O–H groups in total. The Balaban J connectivity index is 1.20. The molecule has 4 aliphatic carbocycles. The number of hydrogen-bond acceptors (Lipinski definition) is 5. The molecule has 1 aromatic heterocycles. The zero-order valence-corrected chi connectivity index (χ0v) is 18.8. The van der Waals surface area contributed by atoms with Crippen molar-refractivity contribution in [2.24, 2.45) is 17.8 Å². The van der Waals surface area contributed by atoms with Crippen LogP contribution in [0.3, 0.4) is 0 Å². The zero-order chi connectivity index (χ0) is 20.6. The molecule has 4 bridgehead atoms. The Labute approximate surface area is 184 Å². The summed E-state index contributed by atoms with van der Waals surface area (Å²) in [6, 6.07) is 6.63. The van der Waals surface area contributed by atoms with Crippen molar-refractivity contribution in [3.05, 3.63) is 22.4 Å². The number of carbonyl (C=O) groups excluding carboxylic acids is 1. The average Bonchev–Trinajstić information content (AvgIpc) is 3.22. The van der Waals surface area contributed by atoms with Gasteiger partial charge < -0.3 is 4.90 Å². The summed E-state index contributed by atoms with van der Waals surface area (Å²) in [5.74, 6) is 2.72. The van der Waals surface area contributed by atoms with E-state index in [4.69, 9.17) is 0 Å². The molecule has 4 saturated carbocycles. The summed E-state index contributed by atoms with van der Waals surface area (Å²) < 4.78 is 0. The van der Waals surface area contributed by atoms with E-state index in [0.29, 0.717) is 19.5 Å². The summed E-state index contributed by atoms with van der Waals surface area (Å²) in [6.07, 6.45) is 8.16. The molecule has 30 heavy (non-hydrogen) atoms. The van der Waals surface area contributed by atoms with Gasteiger partial charge in [-0.3, -0.25) is 14.6 Å². The summed E-state index contributed by atoms with van der Waals surface area (Å²) in [4.78, 5) is 22.0.